The fourth-order valence-corrected chi connectivity index (χ4v) is 3.28. The number of nitrogens with zero attached hydrogens (tertiary/aromatic N) is 1. The van der Waals surface area contributed by atoms with E-state index in [-0.39, 0.29) is 24.9 Å². The zero-order valence-corrected chi connectivity index (χ0v) is 16.6. The fourth-order valence-electron chi connectivity index (χ4n) is 3.28. The third-order valence-corrected chi connectivity index (χ3v) is 4.90. The molecule has 2 aliphatic rings. The third kappa shape index (κ3) is 5.63. The van der Waals surface area contributed by atoms with Gasteiger partial charge in [-0.05, 0) is 24.6 Å². The Balaban J connectivity index is 1.63. The minimum absolute atomic E-state index is 0.0604. The van der Waals surface area contributed by atoms with Crippen LogP contribution in [0.1, 0.15) is 28.8 Å². The molecule has 0 spiro atoms. The average Bonchev–Trinajstić information content (AvgIpc) is 2.94. The summed E-state index contributed by atoms with van der Waals surface area (Å²) < 4.78 is 43.2. The predicted molar refractivity (Wildman–Crippen MR) is 102 cm³/mol. The molecule has 3 unspecified atom stereocenters. The maximum absolute atomic E-state index is 12.9. The number of hydrogen-bond acceptors (Lipinski definition) is 6. The number of ether oxygens (including phenoxy) is 1. The number of aliphatic hydroxyl groups excluding tert-OH is 1. The van der Waals surface area contributed by atoms with Crippen LogP contribution in [0, 0.1) is 0 Å². The minimum Gasteiger partial charge on any atom is -0.434 e. The predicted octanol–water partition coefficient (Wildman–Crippen LogP) is 0.342. The quantitative estimate of drug-likeness (QED) is 0.435. The molecule has 3 atom stereocenters. The summed E-state index contributed by atoms with van der Waals surface area (Å²) >= 11 is 0. The van der Waals surface area contributed by atoms with Crippen LogP contribution in [0.2, 0.25) is 0 Å². The summed E-state index contributed by atoms with van der Waals surface area (Å²) in [5.41, 5.74) is -1.25. The van der Waals surface area contributed by atoms with Crippen LogP contribution in [0.15, 0.2) is 36.4 Å². The first kappa shape index (κ1) is 23.3. The highest BCUT2D eigenvalue weighted by molar-refractivity contribution is 5.98. The van der Waals surface area contributed by atoms with Gasteiger partial charge in [-0.15, -0.1) is 0 Å². The number of benzene rings is 1. The van der Waals surface area contributed by atoms with Gasteiger partial charge in [0.25, 0.3) is 5.91 Å². The molecule has 1 fully saturated rings. The highest BCUT2D eigenvalue weighted by Crippen LogP contribution is 2.29. The van der Waals surface area contributed by atoms with Gasteiger partial charge in [-0.2, -0.15) is 13.2 Å². The molecule has 12 heteroatoms. The molecule has 172 valence electrons. The molecule has 3 amide bonds. The first-order valence-corrected chi connectivity index (χ1v) is 9.63. The van der Waals surface area contributed by atoms with Crippen molar-refractivity contribution in [3.63, 3.8) is 0 Å². The molecule has 1 saturated heterocycles. The lowest BCUT2D eigenvalue weighted by Gasteiger charge is -2.25. The largest absolute Gasteiger partial charge is 0.434 e. The number of alkyl halides is 3. The van der Waals surface area contributed by atoms with Gasteiger partial charge in [0.15, 0.2) is 0 Å². The molecular weight excluding hydrogens is 435 g/mol. The SMILES string of the molecule is O=C(CN1CC=CCC(NC(=O)c2cccc(C(F)(F)F)c2)C1=O)NC1CC(=O)OC1O. The summed E-state index contributed by atoms with van der Waals surface area (Å²) in [6.07, 6.45) is -3.00. The number of esters is 1. The number of aliphatic hydroxyl groups is 1. The van der Waals surface area contributed by atoms with E-state index < -0.39 is 60.3 Å². The van der Waals surface area contributed by atoms with Gasteiger partial charge in [-0.3, -0.25) is 19.2 Å². The number of carbonyl (C=O) groups is 4. The Morgan fingerprint density at radius 3 is 2.59 bits per heavy atom. The van der Waals surface area contributed by atoms with Crippen LogP contribution < -0.4 is 10.6 Å². The van der Waals surface area contributed by atoms with E-state index in [1.807, 2.05) is 0 Å². The number of hydrogen-bond donors (Lipinski definition) is 3. The number of cyclic esters (lactones) is 1. The molecule has 0 saturated carbocycles. The highest BCUT2D eigenvalue weighted by atomic mass is 19.4. The zero-order valence-electron chi connectivity index (χ0n) is 16.6. The number of carbonyl (C=O) groups excluding carboxylic acids is 4. The van der Waals surface area contributed by atoms with Crippen LogP contribution in [-0.2, 0) is 25.3 Å². The fraction of sp³-hybridized carbons (Fsp3) is 0.400. The monoisotopic (exact) mass is 455 g/mol. The second-order valence-electron chi connectivity index (χ2n) is 7.29. The van der Waals surface area contributed by atoms with Gasteiger partial charge in [0.05, 0.1) is 18.5 Å². The Labute approximate surface area is 180 Å². The van der Waals surface area contributed by atoms with Crippen molar-refractivity contribution in [3.05, 3.63) is 47.5 Å². The normalized spacial score (nSPS) is 23.5. The van der Waals surface area contributed by atoms with Gasteiger partial charge >= 0.3 is 12.1 Å². The molecule has 32 heavy (non-hydrogen) atoms. The molecule has 0 bridgehead atoms. The van der Waals surface area contributed by atoms with E-state index in [0.717, 1.165) is 17.0 Å². The molecule has 0 aromatic heterocycles. The van der Waals surface area contributed by atoms with Crippen LogP contribution in [0.4, 0.5) is 13.2 Å². The lowest BCUT2D eigenvalue weighted by molar-refractivity contribution is -0.155. The molecule has 0 radical (unpaired) electrons. The van der Waals surface area contributed by atoms with Crippen molar-refractivity contribution in [2.24, 2.45) is 0 Å². The Morgan fingerprint density at radius 1 is 1.19 bits per heavy atom. The first-order valence-electron chi connectivity index (χ1n) is 9.63. The van der Waals surface area contributed by atoms with Crippen LogP contribution in [0.3, 0.4) is 0 Å². The van der Waals surface area contributed by atoms with Gasteiger partial charge in [0, 0.05) is 12.1 Å². The maximum Gasteiger partial charge on any atom is 0.416 e. The Kier molecular flexibility index (Phi) is 6.82. The smallest absolute Gasteiger partial charge is 0.416 e. The molecular formula is C20H20F3N3O6. The van der Waals surface area contributed by atoms with E-state index in [1.165, 1.54) is 6.07 Å². The standard InChI is InChI=1S/C20H20F3N3O6/c21-20(22,23)12-5-3-4-11(8-12)17(29)25-13-6-1-2-7-26(18(13)30)10-15(27)24-14-9-16(28)32-19(14)31/h1-5,8,13-14,19,31H,6-7,9-10H2,(H,24,27)(H,25,29). The summed E-state index contributed by atoms with van der Waals surface area (Å²) in [5.74, 6) is -2.79. The molecule has 3 rings (SSSR count). The topological polar surface area (TPSA) is 125 Å². The Hall–Kier alpha value is -3.41. The van der Waals surface area contributed by atoms with Gasteiger partial charge in [0.1, 0.15) is 12.1 Å². The minimum atomic E-state index is -4.62. The van der Waals surface area contributed by atoms with E-state index in [9.17, 15) is 37.5 Å². The summed E-state index contributed by atoms with van der Waals surface area (Å²) in [5, 5.41) is 14.4. The second kappa shape index (κ2) is 9.39. The lowest BCUT2D eigenvalue weighted by Crippen LogP contribution is -2.51. The average molecular weight is 455 g/mol. The molecule has 1 aromatic rings. The molecule has 2 heterocycles. The van der Waals surface area contributed by atoms with Crippen LogP contribution in [0.5, 0.6) is 0 Å². The van der Waals surface area contributed by atoms with Crippen molar-refractivity contribution in [1.82, 2.24) is 15.5 Å². The summed E-state index contributed by atoms with van der Waals surface area (Å²) in [4.78, 5) is 49.8. The summed E-state index contributed by atoms with van der Waals surface area (Å²) in [7, 11) is 0. The molecule has 1 aromatic carbocycles. The highest BCUT2D eigenvalue weighted by Gasteiger charge is 2.36. The van der Waals surface area contributed by atoms with Gasteiger partial charge in [0.2, 0.25) is 18.1 Å². The van der Waals surface area contributed by atoms with E-state index >= 15 is 0 Å². The van der Waals surface area contributed by atoms with Gasteiger partial charge in [-0.25, -0.2) is 0 Å². The van der Waals surface area contributed by atoms with Crippen molar-refractivity contribution in [2.75, 3.05) is 13.1 Å². The zero-order chi connectivity index (χ0) is 23.5. The van der Waals surface area contributed by atoms with Crippen molar-refractivity contribution in [2.45, 2.75) is 37.4 Å². The van der Waals surface area contributed by atoms with Crippen LogP contribution in [0.25, 0.3) is 0 Å². The van der Waals surface area contributed by atoms with Crippen LogP contribution >= 0.6 is 0 Å². The number of rotatable bonds is 5. The maximum atomic E-state index is 12.9. The van der Waals surface area contributed by atoms with E-state index in [0.29, 0.717) is 6.07 Å². The van der Waals surface area contributed by atoms with Crippen LogP contribution in [-0.4, -0.2) is 65.2 Å². The van der Waals surface area contributed by atoms with Gasteiger partial charge < -0.3 is 25.4 Å². The lowest BCUT2D eigenvalue weighted by atomic mass is 10.1. The second-order valence-corrected chi connectivity index (χ2v) is 7.29. The number of amides is 3. The molecule has 9 nitrogen and oxygen atoms in total. The van der Waals surface area contributed by atoms with Crippen molar-refractivity contribution >= 4 is 23.7 Å². The van der Waals surface area contributed by atoms with Crippen molar-refractivity contribution in [3.8, 4) is 0 Å². The first-order chi connectivity index (χ1) is 15.0. The molecule has 3 N–H and O–H groups in total. The van der Waals surface area contributed by atoms with E-state index in [4.69, 9.17) is 0 Å². The Bertz CT molecular complexity index is 949. The van der Waals surface area contributed by atoms with Crippen molar-refractivity contribution < 1.29 is 42.2 Å². The Morgan fingerprint density at radius 2 is 1.94 bits per heavy atom. The summed E-state index contributed by atoms with van der Waals surface area (Å²) in [6, 6.07) is 1.78. The third-order valence-electron chi connectivity index (χ3n) is 4.90. The van der Waals surface area contributed by atoms with E-state index in [2.05, 4.69) is 15.4 Å². The van der Waals surface area contributed by atoms with Gasteiger partial charge in [-0.1, -0.05) is 18.2 Å². The number of nitrogens with one attached hydrogen (secondary N) is 2. The summed E-state index contributed by atoms with van der Waals surface area (Å²) in [6.45, 7) is -0.360. The number of halogens is 3. The molecule has 2 aliphatic heterocycles. The van der Waals surface area contributed by atoms with Crippen molar-refractivity contribution in [1.29, 1.82) is 0 Å². The molecule has 0 aliphatic carbocycles. The van der Waals surface area contributed by atoms with E-state index in [1.54, 1.807) is 12.2 Å².